The average molecular weight is 356 g/mol. The standard InChI is InChI=1S/C17H25N3O3.ClH/c1-23-12-10-18-13-16(21)19-9-4-7-17(22)20-11-8-14-5-2-3-6-15(14)20;/h2-3,5-6,18H,4,7-13H2,1H3,(H,19,21);1H. The van der Waals surface area contributed by atoms with Gasteiger partial charge in [0, 0.05) is 38.9 Å². The van der Waals surface area contributed by atoms with Gasteiger partial charge < -0.3 is 20.3 Å². The summed E-state index contributed by atoms with van der Waals surface area (Å²) in [5.41, 5.74) is 2.26. The van der Waals surface area contributed by atoms with Crippen molar-refractivity contribution in [1.29, 1.82) is 0 Å². The predicted octanol–water partition coefficient (Wildman–Crippen LogP) is 1.13. The van der Waals surface area contributed by atoms with Crippen LogP contribution in [0.15, 0.2) is 24.3 Å². The molecule has 1 aliphatic heterocycles. The van der Waals surface area contributed by atoms with Gasteiger partial charge in [0.15, 0.2) is 0 Å². The van der Waals surface area contributed by atoms with Gasteiger partial charge in [0.25, 0.3) is 0 Å². The number of methoxy groups -OCH3 is 1. The van der Waals surface area contributed by atoms with Gasteiger partial charge in [-0.05, 0) is 24.5 Å². The van der Waals surface area contributed by atoms with Crippen LogP contribution < -0.4 is 15.5 Å². The molecule has 1 aliphatic rings. The van der Waals surface area contributed by atoms with Gasteiger partial charge >= 0.3 is 0 Å². The van der Waals surface area contributed by atoms with Crippen LogP contribution in [0, 0.1) is 0 Å². The first kappa shape index (κ1) is 20.4. The maximum absolute atomic E-state index is 12.3. The van der Waals surface area contributed by atoms with Crippen LogP contribution in [0.4, 0.5) is 5.69 Å². The SMILES string of the molecule is COCCNCC(=O)NCCCC(=O)N1CCc2ccccc21.Cl. The lowest BCUT2D eigenvalue weighted by Gasteiger charge is -2.17. The quantitative estimate of drug-likeness (QED) is 0.651. The van der Waals surface area contributed by atoms with Gasteiger partial charge in [0.1, 0.15) is 0 Å². The number of para-hydroxylation sites is 1. The van der Waals surface area contributed by atoms with E-state index >= 15 is 0 Å². The van der Waals surface area contributed by atoms with Crippen molar-refractivity contribution in [3.05, 3.63) is 29.8 Å². The second-order valence-corrected chi connectivity index (χ2v) is 5.55. The van der Waals surface area contributed by atoms with Gasteiger partial charge in [0.2, 0.25) is 11.8 Å². The molecule has 1 aromatic rings. The first-order valence-electron chi connectivity index (χ1n) is 8.07. The molecule has 0 aliphatic carbocycles. The monoisotopic (exact) mass is 355 g/mol. The van der Waals surface area contributed by atoms with Gasteiger partial charge in [-0.3, -0.25) is 9.59 Å². The molecule has 0 aromatic heterocycles. The first-order valence-corrected chi connectivity index (χ1v) is 8.07. The van der Waals surface area contributed by atoms with Gasteiger partial charge in [0.05, 0.1) is 13.2 Å². The molecule has 2 amide bonds. The molecule has 0 fully saturated rings. The van der Waals surface area contributed by atoms with Crippen LogP contribution in [0.1, 0.15) is 18.4 Å². The number of benzene rings is 1. The summed E-state index contributed by atoms with van der Waals surface area (Å²) in [6.07, 6.45) is 2.03. The normalized spacial score (nSPS) is 12.5. The zero-order chi connectivity index (χ0) is 16.5. The third-order valence-corrected chi connectivity index (χ3v) is 3.85. The van der Waals surface area contributed by atoms with Crippen molar-refractivity contribution in [2.45, 2.75) is 19.3 Å². The summed E-state index contributed by atoms with van der Waals surface area (Å²) in [4.78, 5) is 25.7. The summed E-state index contributed by atoms with van der Waals surface area (Å²) < 4.78 is 4.89. The number of carbonyl (C=O) groups is 2. The van der Waals surface area contributed by atoms with E-state index < -0.39 is 0 Å². The second-order valence-electron chi connectivity index (χ2n) is 5.55. The van der Waals surface area contributed by atoms with Crippen LogP contribution in [0.5, 0.6) is 0 Å². The van der Waals surface area contributed by atoms with Crippen molar-refractivity contribution < 1.29 is 14.3 Å². The van der Waals surface area contributed by atoms with E-state index in [1.54, 1.807) is 7.11 Å². The van der Waals surface area contributed by atoms with E-state index in [0.29, 0.717) is 32.5 Å². The third kappa shape index (κ3) is 6.11. The first-order chi connectivity index (χ1) is 11.2. The average Bonchev–Trinajstić information content (AvgIpc) is 2.99. The predicted molar refractivity (Wildman–Crippen MR) is 96.7 cm³/mol. The highest BCUT2D eigenvalue weighted by atomic mass is 35.5. The van der Waals surface area contributed by atoms with E-state index in [1.807, 2.05) is 23.1 Å². The molecule has 0 spiro atoms. The van der Waals surface area contributed by atoms with Crippen LogP contribution in [0.25, 0.3) is 0 Å². The minimum atomic E-state index is -0.0555. The number of nitrogens with zero attached hydrogens (tertiary/aromatic N) is 1. The van der Waals surface area contributed by atoms with E-state index in [9.17, 15) is 9.59 Å². The van der Waals surface area contributed by atoms with E-state index in [0.717, 1.165) is 18.7 Å². The van der Waals surface area contributed by atoms with E-state index in [4.69, 9.17) is 4.74 Å². The molecule has 0 bridgehead atoms. The summed E-state index contributed by atoms with van der Waals surface area (Å²) in [7, 11) is 1.62. The molecular formula is C17H26ClN3O3. The molecule has 134 valence electrons. The molecule has 24 heavy (non-hydrogen) atoms. The molecule has 0 saturated heterocycles. The molecule has 6 nitrogen and oxygen atoms in total. The van der Waals surface area contributed by atoms with E-state index in [-0.39, 0.29) is 30.8 Å². The van der Waals surface area contributed by atoms with Gasteiger partial charge in [-0.2, -0.15) is 0 Å². The highest BCUT2D eigenvalue weighted by molar-refractivity contribution is 5.95. The minimum Gasteiger partial charge on any atom is -0.383 e. The Bertz CT molecular complexity index is 540. The van der Waals surface area contributed by atoms with E-state index in [1.165, 1.54) is 5.56 Å². The van der Waals surface area contributed by atoms with Crippen LogP contribution in [-0.2, 0) is 20.7 Å². The van der Waals surface area contributed by atoms with Crippen molar-refractivity contribution in [3.8, 4) is 0 Å². The number of hydrogen-bond donors (Lipinski definition) is 2. The maximum Gasteiger partial charge on any atom is 0.233 e. The Morgan fingerprint density at radius 1 is 1.25 bits per heavy atom. The van der Waals surface area contributed by atoms with Crippen LogP contribution in [0.2, 0.25) is 0 Å². The third-order valence-electron chi connectivity index (χ3n) is 3.85. The number of nitrogens with one attached hydrogen (secondary N) is 2. The molecule has 2 rings (SSSR count). The zero-order valence-corrected chi connectivity index (χ0v) is 14.9. The van der Waals surface area contributed by atoms with Gasteiger partial charge in [-0.15, -0.1) is 12.4 Å². The fourth-order valence-electron chi connectivity index (χ4n) is 2.64. The van der Waals surface area contributed by atoms with Crippen LogP contribution >= 0.6 is 12.4 Å². The molecule has 0 unspecified atom stereocenters. The number of fused-ring (bicyclic) bond motifs is 1. The van der Waals surface area contributed by atoms with Gasteiger partial charge in [-0.1, -0.05) is 18.2 Å². The molecule has 1 heterocycles. The number of hydrogen-bond acceptors (Lipinski definition) is 4. The smallest absolute Gasteiger partial charge is 0.233 e. The molecule has 1 aromatic carbocycles. The van der Waals surface area contributed by atoms with Crippen molar-refractivity contribution in [3.63, 3.8) is 0 Å². The molecule has 7 heteroatoms. The summed E-state index contributed by atoms with van der Waals surface area (Å²) in [5, 5.41) is 5.79. The van der Waals surface area contributed by atoms with Crippen molar-refractivity contribution >= 4 is 29.9 Å². The second kappa shape index (κ2) is 11.0. The number of amides is 2. The molecule has 0 atom stereocenters. The lowest BCUT2D eigenvalue weighted by atomic mass is 10.2. The number of anilines is 1. The number of ether oxygens (including phenoxy) is 1. The topological polar surface area (TPSA) is 70.7 Å². The largest absolute Gasteiger partial charge is 0.383 e. The summed E-state index contributed by atoms with van der Waals surface area (Å²) in [5.74, 6) is 0.0717. The number of carbonyl (C=O) groups excluding carboxylic acids is 2. The molecule has 2 N–H and O–H groups in total. The molecule has 0 radical (unpaired) electrons. The molecule has 0 saturated carbocycles. The van der Waals surface area contributed by atoms with Gasteiger partial charge in [-0.25, -0.2) is 0 Å². The molecular weight excluding hydrogens is 330 g/mol. The van der Waals surface area contributed by atoms with Crippen molar-refractivity contribution in [1.82, 2.24) is 10.6 Å². The highest BCUT2D eigenvalue weighted by Gasteiger charge is 2.23. The Labute approximate surface area is 149 Å². The van der Waals surface area contributed by atoms with E-state index in [2.05, 4.69) is 16.7 Å². The fourth-order valence-corrected chi connectivity index (χ4v) is 2.64. The van der Waals surface area contributed by atoms with Crippen LogP contribution in [-0.4, -0.2) is 51.7 Å². The lowest BCUT2D eigenvalue weighted by molar-refractivity contribution is -0.121. The Balaban J connectivity index is 0.00000288. The summed E-state index contributed by atoms with van der Waals surface area (Å²) >= 11 is 0. The minimum absolute atomic E-state index is 0. The number of rotatable bonds is 9. The Hall–Kier alpha value is -1.63. The Morgan fingerprint density at radius 3 is 2.83 bits per heavy atom. The Morgan fingerprint density at radius 2 is 2.04 bits per heavy atom. The maximum atomic E-state index is 12.3. The summed E-state index contributed by atoms with van der Waals surface area (Å²) in [6.45, 7) is 2.78. The Kier molecular flexibility index (Phi) is 9.37. The number of halogens is 1. The highest BCUT2D eigenvalue weighted by Crippen LogP contribution is 2.27. The van der Waals surface area contributed by atoms with Crippen molar-refractivity contribution in [2.24, 2.45) is 0 Å². The van der Waals surface area contributed by atoms with Crippen LogP contribution in [0.3, 0.4) is 0 Å². The lowest BCUT2D eigenvalue weighted by Crippen LogP contribution is -2.36. The zero-order valence-electron chi connectivity index (χ0n) is 14.0. The fraction of sp³-hybridized carbons (Fsp3) is 0.529. The summed E-state index contributed by atoms with van der Waals surface area (Å²) in [6, 6.07) is 8.03. The van der Waals surface area contributed by atoms with Crippen molar-refractivity contribution in [2.75, 3.05) is 44.8 Å².